The molecule has 30 heavy (non-hydrogen) atoms. The molecular formula is C21H25F3N4O2. The average Bonchev–Trinajstić information content (AvgIpc) is 3.21. The van der Waals surface area contributed by atoms with Crippen LogP contribution in [-0.4, -0.2) is 32.0 Å². The first-order valence-electron chi connectivity index (χ1n) is 9.74. The molecule has 1 aromatic carbocycles. The van der Waals surface area contributed by atoms with Crippen molar-refractivity contribution in [1.29, 1.82) is 0 Å². The first-order valence-corrected chi connectivity index (χ1v) is 9.74. The van der Waals surface area contributed by atoms with E-state index in [-0.39, 0.29) is 24.4 Å². The molecule has 3 rings (SSSR count). The van der Waals surface area contributed by atoms with Crippen LogP contribution in [-0.2, 0) is 22.9 Å². The molecule has 1 saturated carbocycles. The predicted octanol–water partition coefficient (Wildman–Crippen LogP) is 3.20. The standard InChI is InChI=1S/C21H25F3N4O2/c1-25-19(27-13-18(29)26-12-17-7-3-10-30-17)28-14-20(8-4-9-20)15-5-2-6-16(11-15)21(22,23)24/h2-3,5-7,10-11H,4,8-9,12-14H2,1H3,(H,26,29)(H2,25,27,28). The third-order valence-electron chi connectivity index (χ3n) is 5.39. The largest absolute Gasteiger partial charge is 0.467 e. The molecule has 0 radical (unpaired) electrons. The Morgan fingerprint density at radius 1 is 1.17 bits per heavy atom. The van der Waals surface area contributed by atoms with Gasteiger partial charge in [-0.3, -0.25) is 9.79 Å². The van der Waals surface area contributed by atoms with Crippen molar-refractivity contribution in [2.75, 3.05) is 20.1 Å². The Bertz CT molecular complexity index is 875. The van der Waals surface area contributed by atoms with Gasteiger partial charge in [0.25, 0.3) is 0 Å². The second-order valence-electron chi connectivity index (χ2n) is 7.35. The van der Waals surface area contributed by atoms with Crippen LogP contribution < -0.4 is 16.0 Å². The van der Waals surface area contributed by atoms with Gasteiger partial charge in [-0.25, -0.2) is 0 Å². The van der Waals surface area contributed by atoms with E-state index in [4.69, 9.17) is 4.42 Å². The number of amides is 1. The number of nitrogens with zero attached hydrogens (tertiary/aromatic N) is 1. The van der Waals surface area contributed by atoms with Crippen molar-refractivity contribution in [2.45, 2.75) is 37.4 Å². The molecule has 2 aromatic rings. The molecule has 162 valence electrons. The van der Waals surface area contributed by atoms with Gasteiger partial charge in [-0.1, -0.05) is 24.6 Å². The minimum Gasteiger partial charge on any atom is -0.467 e. The highest BCUT2D eigenvalue weighted by molar-refractivity contribution is 5.86. The Kier molecular flexibility index (Phi) is 6.69. The molecule has 1 aromatic heterocycles. The van der Waals surface area contributed by atoms with Gasteiger partial charge in [0.2, 0.25) is 5.91 Å². The monoisotopic (exact) mass is 422 g/mol. The molecule has 0 unspecified atom stereocenters. The Morgan fingerprint density at radius 2 is 1.97 bits per heavy atom. The second kappa shape index (κ2) is 9.23. The lowest BCUT2D eigenvalue weighted by Gasteiger charge is -2.43. The second-order valence-corrected chi connectivity index (χ2v) is 7.35. The fourth-order valence-electron chi connectivity index (χ4n) is 3.50. The summed E-state index contributed by atoms with van der Waals surface area (Å²) in [4.78, 5) is 16.1. The zero-order valence-corrected chi connectivity index (χ0v) is 16.7. The summed E-state index contributed by atoms with van der Waals surface area (Å²) in [6, 6.07) is 9.03. The van der Waals surface area contributed by atoms with E-state index in [0.717, 1.165) is 25.3 Å². The molecule has 0 bridgehead atoms. The van der Waals surface area contributed by atoms with Crippen LogP contribution >= 0.6 is 0 Å². The molecule has 3 N–H and O–H groups in total. The summed E-state index contributed by atoms with van der Waals surface area (Å²) >= 11 is 0. The fourth-order valence-corrected chi connectivity index (χ4v) is 3.50. The summed E-state index contributed by atoms with van der Waals surface area (Å²) in [6.45, 7) is 0.733. The Labute approximate surface area is 172 Å². The minimum absolute atomic E-state index is 0.0109. The van der Waals surface area contributed by atoms with Gasteiger partial charge >= 0.3 is 6.18 Å². The highest BCUT2D eigenvalue weighted by Crippen LogP contribution is 2.44. The summed E-state index contributed by atoms with van der Waals surface area (Å²) < 4.78 is 44.4. The van der Waals surface area contributed by atoms with Crippen molar-refractivity contribution in [3.05, 3.63) is 59.5 Å². The van der Waals surface area contributed by atoms with E-state index in [1.54, 1.807) is 25.2 Å². The number of carbonyl (C=O) groups excluding carboxylic acids is 1. The van der Waals surface area contributed by atoms with Crippen molar-refractivity contribution in [2.24, 2.45) is 4.99 Å². The van der Waals surface area contributed by atoms with E-state index < -0.39 is 11.7 Å². The van der Waals surface area contributed by atoms with E-state index in [1.807, 2.05) is 0 Å². The number of rotatable bonds is 7. The number of halogens is 3. The van der Waals surface area contributed by atoms with Gasteiger partial charge in [0, 0.05) is 19.0 Å². The summed E-state index contributed by atoms with van der Waals surface area (Å²) in [7, 11) is 1.58. The van der Waals surface area contributed by atoms with Crippen molar-refractivity contribution in [1.82, 2.24) is 16.0 Å². The number of aliphatic imine (C=N–C) groups is 1. The maximum Gasteiger partial charge on any atom is 0.416 e. The third-order valence-corrected chi connectivity index (χ3v) is 5.39. The molecule has 9 heteroatoms. The van der Waals surface area contributed by atoms with Gasteiger partial charge in [0.1, 0.15) is 5.76 Å². The molecular weight excluding hydrogens is 397 g/mol. The Morgan fingerprint density at radius 3 is 2.57 bits per heavy atom. The van der Waals surface area contributed by atoms with Crippen LogP contribution in [0.15, 0.2) is 52.1 Å². The predicted molar refractivity (Wildman–Crippen MR) is 107 cm³/mol. The topological polar surface area (TPSA) is 78.7 Å². The van der Waals surface area contributed by atoms with E-state index in [0.29, 0.717) is 23.8 Å². The molecule has 1 aliphatic carbocycles. The molecule has 0 spiro atoms. The van der Waals surface area contributed by atoms with Crippen molar-refractivity contribution >= 4 is 11.9 Å². The van der Waals surface area contributed by atoms with Crippen molar-refractivity contribution in [3.8, 4) is 0 Å². The smallest absolute Gasteiger partial charge is 0.416 e. The van der Waals surface area contributed by atoms with Crippen LogP contribution in [0.25, 0.3) is 0 Å². The number of hydrogen-bond acceptors (Lipinski definition) is 3. The maximum absolute atomic E-state index is 13.1. The number of nitrogens with one attached hydrogen (secondary N) is 3. The van der Waals surface area contributed by atoms with Crippen LogP contribution in [0.5, 0.6) is 0 Å². The minimum atomic E-state index is -4.37. The lowest BCUT2D eigenvalue weighted by Crippen LogP contribution is -2.50. The van der Waals surface area contributed by atoms with Gasteiger partial charge in [-0.05, 0) is 36.6 Å². The van der Waals surface area contributed by atoms with Gasteiger partial charge < -0.3 is 20.4 Å². The highest BCUT2D eigenvalue weighted by atomic mass is 19.4. The summed E-state index contributed by atoms with van der Waals surface area (Å²) in [5, 5.41) is 8.80. The first-order chi connectivity index (χ1) is 14.3. The summed E-state index contributed by atoms with van der Waals surface area (Å²) in [5.41, 5.74) is -0.342. The lowest BCUT2D eigenvalue weighted by atomic mass is 9.64. The van der Waals surface area contributed by atoms with Crippen LogP contribution in [0.2, 0.25) is 0 Å². The van der Waals surface area contributed by atoms with Crippen LogP contribution in [0.4, 0.5) is 13.2 Å². The Balaban J connectivity index is 1.53. The van der Waals surface area contributed by atoms with Gasteiger partial charge in [0.15, 0.2) is 5.96 Å². The summed E-state index contributed by atoms with van der Waals surface area (Å²) in [5.74, 6) is 0.839. The zero-order chi connectivity index (χ0) is 21.6. The van der Waals surface area contributed by atoms with E-state index in [1.165, 1.54) is 18.4 Å². The van der Waals surface area contributed by atoms with Crippen molar-refractivity contribution < 1.29 is 22.4 Å². The van der Waals surface area contributed by atoms with E-state index in [2.05, 4.69) is 20.9 Å². The first kappa shape index (κ1) is 21.7. The average molecular weight is 422 g/mol. The molecule has 0 saturated heterocycles. The number of furan rings is 1. The van der Waals surface area contributed by atoms with Crippen molar-refractivity contribution in [3.63, 3.8) is 0 Å². The molecule has 1 amide bonds. The normalized spacial score (nSPS) is 15.9. The van der Waals surface area contributed by atoms with E-state index in [9.17, 15) is 18.0 Å². The quantitative estimate of drug-likeness (QED) is 0.473. The van der Waals surface area contributed by atoms with E-state index >= 15 is 0 Å². The van der Waals surface area contributed by atoms with Crippen LogP contribution in [0.3, 0.4) is 0 Å². The highest BCUT2D eigenvalue weighted by Gasteiger charge is 2.40. The SMILES string of the molecule is CN=C(NCC(=O)NCc1ccco1)NCC1(c2cccc(C(F)(F)F)c2)CCC1. The molecule has 0 aliphatic heterocycles. The molecule has 0 atom stereocenters. The lowest BCUT2D eigenvalue weighted by molar-refractivity contribution is -0.137. The number of carbonyl (C=O) groups is 1. The number of alkyl halides is 3. The molecule has 6 nitrogen and oxygen atoms in total. The third kappa shape index (κ3) is 5.34. The fraction of sp³-hybridized carbons (Fsp3) is 0.429. The maximum atomic E-state index is 13.1. The number of guanidine groups is 1. The van der Waals surface area contributed by atoms with Crippen LogP contribution in [0, 0.1) is 0 Å². The van der Waals surface area contributed by atoms with Gasteiger partial charge in [0.05, 0.1) is 24.9 Å². The van der Waals surface area contributed by atoms with Gasteiger partial charge in [-0.2, -0.15) is 13.2 Å². The zero-order valence-electron chi connectivity index (χ0n) is 16.7. The molecule has 1 aliphatic rings. The van der Waals surface area contributed by atoms with Crippen LogP contribution in [0.1, 0.15) is 36.1 Å². The molecule has 1 fully saturated rings. The number of hydrogen-bond donors (Lipinski definition) is 3. The molecule has 1 heterocycles. The number of benzene rings is 1. The van der Waals surface area contributed by atoms with Gasteiger partial charge in [-0.15, -0.1) is 0 Å². The Hall–Kier alpha value is -2.97. The summed E-state index contributed by atoms with van der Waals surface area (Å²) in [6.07, 6.45) is -0.288.